The molecule has 26 heavy (non-hydrogen) atoms. The molecule has 2 aromatic rings. The smallest absolute Gasteiger partial charge is 0.321 e. The summed E-state index contributed by atoms with van der Waals surface area (Å²) in [4.78, 5) is 23.5. The van der Waals surface area contributed by atoms with Crippen LogP contribution in [-0.2, 0) is 9.53 Å². The Labute approximate surface area is 159 Å². The van der Waals surface area contributed by atoms with Gasteiger partial charge in [-0.3, -0.25) is 10.1 Å². The number of aromatic nitrogens is 4. The average molecular weight is 399 g/mol. The fourth-order valence-electron chi connectivity index (χ4n) is 1.87. The minimum absolute atomic E-state index is 0.000326. The van der Waals surface area contributed by atoms with E-state index in [1.165, 1.54) is 4.68 Å². The molecule has 1 aromatic heterocycles. The number of amides is 3. The van der Waals surface area contributed by atoms with Gasteiger partial charge in [-0.1, -0.05) is 23.4 Å². The van der Waals surface area contributed by atoms with Crippen molar-refractivity contribution in [3.63, 3.8) is 0 Å². The van der Waals surface area contributed by atoms with Gasteiger partial charge in [-0.25, -0.2) is 4.79 Å². The van der Waals surface area contributed by atoms with Crippen molar-refractivity contribution < 1.29 is 14.3 Å². The van der Waals surface area contributed by atoms with Gasteiger partial charge < -0.3 is 10.1 Å². The van der Waals surface area contributed by atoms with Crippen molar-refractivity contribution in [3.05, 3.63) is 29.3 Å². The number of rotatable bonds is 9. The van der Waals surface area contributed by atoms with Crippen LogP contribution in [0.5, 0.6) is 0 Å². The van der Waals surface area contributed by atoms with Gasteiger partial charge in [0.2, 0.25) is 11.1 Å². The van der Waals surface area contributed by atoms with Gasteiger partial charge in [-0.05, 0) is 48.0 Å². The van der Waals surface area contributed by atoms with E-state index < -0.39 is 11.9 Å². The second-order valence-electron chi connectivity index (χ2n) is 4.99. The average Bonchev–Trinajstić information content (AvgIpc) is 3.09. The minimum atomic E-state index is -0.538. The molecule has 11 heteroatoms. The maximum absolute atomic E-state index is 11.9. The van der Waals surface area contributed by atoms with E-state index in [1.807, 2.05) is 6.92 Å². The third-order valence-corrected chi connectivity index (χ3v) is 4.22. The van der Waals surface area contributed by atoms with Gasteiger partial charge in [0.25, 0.3) is 0 Å². The number of carbonyl (C=O) groups is 2. The largest absolute Gasteiger partial charge is 0.382 e. The molecule has 0 aliphatic carbocycles. The van der Waals surface area contributed by atoms with Crippen LogP contribution in [0.15, 0.2) is 29.4 Å². The monoisotopic (exact) mass is 398 g/mol. The molecule has 0 radical (unpaired) electrons. The summed E-state index contributed by atoms with van der Waals surface area (Å²) in [6.07, 6.45) is 0.681. The Balaban J connectivity index is 1.77. The van der Waals surface area contributed by atoms with Gasteiger partial charge in [0.05, 0.1) is 11.4 Å². The highest BCUT2D eigenvalue weighted by Crippen LogP contribution is 2.19. The first-order valence-electron chi connectivity index (χ1n) is 7.92. The van der Waals surface area contributed by atoms with Crippen LogP contribution in [-0.4, -0.2) is 57.7 Å². The first-order chi connectivity index (χ1) is 12.6. The van der Waals surface area contributed by atoms with Crippen LogP contribution in [0.3, 0.4) is 0 Å². The number of ether oxygens (including phenoxy) is 1. The van der Waals surface area contributed by atoms with Crippen LogP contribution in [0.4, 0.5) is 4.79 Å². The highest BCUT2D eigenvalue weighted by Gasteiger charge is 2.13. The zero-order valence-electron chi connectivity index (χ0n) is 14.1. The summed E-state index contributed by atoms with van der Waals surface area (Å²) in [7, 11) is 0. The van der Waals surface area contributed by atoms with Crippen LogP contribution < -0.4 is 10.6 Å². The summed E-state index contributed by atoms with van der Waals surface area (Å²) in [5.41, 5.74) is 0.717. The van der Waals surface area contributed by atoms with E-state index in [4.69, 9.17) is 16.3 Å². The summed E-state index contributed by atoms with van der Waals surface area (Å²) in [5, 5.41) is 17.3. The summed E-state index contributed by atoms with van der Waals surface area (Å²) < 4.78 is 6.65. The Bertz CT molecular complexity index is 724. The first kappa shape index (κ1) is 20.1. The Morgan fingerprint density at radius 3 is 2.81 bits per heavy atom. The summed E-state index contributed by atoms with van der Waals surface area (Å²) in [6, 6.07) is 6.42. The van der Waals surface area contributed by atoms with E-state index in [1.54, 1.807) is 24.3 Å². The molecule has 2 rings (SSSR count). The molecule has 0 aliphatic rings. The Hall–Kier alpha value is -2.17. The molecule has 0 atom stereocenters. The van der Waals surface area contributed by atoms with Crippen molar-refractivity contribution in [3.8, 4) is 5.69 Å². The van der Waals surface area contributed by atoms with Gasteiger partial charge in [0.1, 0.15) is 0 Å². The lowest BCUT2D eigenvalue weighted by Crippen LogP contribution is -2.40. The van der Waals surface area contributed by atoms with Crippen molar-refractivity contribution in [2.45, 2.75) is 18.5 Å². The molecule has 0 spiro atoms. The Morgan fingerprint density at radius 1 is 1.31 bits per heavy atom. The summed E-state index contributed by atoms with van der Waals surface area (Å²) in [6.45, 7) is 3.53. The number of halogens is 1. The second-order valence-corrected chi connectivity index (χ2v) is 6.37. The van der Waals surface area contributed by atoms with E-state index in [2.05, 4.69) is 26.2 Å². The molecular weight excluding hydrogens is 380 g/mol. The van der Waals surface area contributed by atoms with E-state index in [0.717, 1.165) is 11.8 Å². The molecule has 0 saturated carbocycles. The molecule has 2 N–H and O–H groups in total. The number of urea groups is 1. The van der Waals surface area contributed by atoms with Crippen LogP contribution in [0.1, 0.15) is 13.3 Å². The van der Waals surface area contributed by atoms with E-state index in [0.29, 0.717) is 42.0 Å². The molecule has 0 bridgehead atoms. The predicted molar refractivity (Wildman–Crippen MR) is 97.5 cm³/mol. The molecule has 3 amide bonds. The zero-order chi connectivity index (χ0) is 18.8. The van der Waals surface area contributed by atoms with Gasteiger partial charge in [-0.15, -0.1) is 5.10 Å². The maximum Gasteiger partial charge on any atom is 0.321 e. The molecule has 1 heterocycles. The normalized spacial score (nSPS) is 10.5. The van der Waals surface area contributed by atoms with Gasteiger partial charge >= 0.3 is 6.03 Å². The molecule has 9 nitrogen and oxygen atoms in total. The number of thioether (sulfide) groups is 1. The highest BCUT2D eigenvalue weighted by atomic mass is 35.5. The number of carbonyl (C=O) groups excluding carboxylic acids is 2. The summed E-state index contributed by atoms with van der Waals surface area (Å²) >= 11 is 6.98. The third-order valence-electron chi connectivity index (χ3n) is 3.05. The molecule has 0 unspecified atom stereocenters. The molecule has 0 saturated heterocycles. The number of hydrogen-bond acceptors (Lipinski definition) is 7. The molecular formula is C15H19ClN6O3S. The molecule has 140 valence electrons. The van der Waals surface area contributed by atoms with E-state index >= 15 is 0 Å². The molecule has 0 fully saturated rings. The lowest BCUT2D eigenvalue weighted by molar-refractivity contribution is -0.117. The number of benzene rings is 1. The van der Waals surface area contributed by atoms with Crippen LogP contribution >= 0.6 is 23.4 Å². The number of hydrogen-bond donors (Lipinski definition) is 2. The quantitative estimate of drug-likeness (QED) is 0.488. The van der Waals surface area contributed by atoms with Gasteiger partial charge in [-0.2, -0.15) is 4.68 Å². The molecule has 1 aromatic carbocycles. The Morgan fingerprint density at radius 2 is 2.08 bits per heavy atom. The highest BCUT2D eigenvalue weighted by molar-refractivity contribution is 7.99. The number of nitrogens with one attached hydrogen (secondary N) is 2. The second kappa shape index (κ2) is 10.7. The van der Waals surface area contributed by atoms with Gasteiger partial charge in [0, 0.05) is 24.8 Å². The number of tetrazole rings is 1. The predicted octanol–water partition coefficient (Wildman–Crippen LogP) is 1.66. The van der Waals surface area contributed by atoms with E-state index in [9.17, 15) is 9.59 Å². The van der Waals surface area contributed by atoms with Crippen LogP contribution in [0, 0.1) is 0 Å². The lowest BCUT2D eigenvalue weighted by atomic mass is 10.3. The lowest BCUT2D eigenvalue weighted by Gasteiger charge is -2.07. The standard InChI is InChI=1S/C15H19ClN6O3S/c1-2-25-9-3-8-17-14(24)18-13(23)10-26-15-19-20-21-22(15)12-6-4-11(16)5-7-12/h4-7H,2-3,8-10H2,1H3,(H2,17,18,23,24). The fraction of sp³-hybridized carbons (Fsp3) is 0.400. The van der Waals surface area contributed by atoms with E-state index in [-0.39, 0.29) is 5.75 Å². The van der Waals surface area contributed by atoms with Crippen molar-refractivity contribution in [1.29, 1.82) is 0 Å². The van der Waals surface area contributed by atoms with Crippen LogP contribution in [0.2, 0.25) is 5.02 Å². The molecule has 0 aliphatic heterocycles. The topological polar surface area (TPSA) is 111 Å². The van der Waals surface area contributed by atoms with Crippen LogP contribution in [0.25, 0.3) is 5.69 Å². The van der Waals surface area contributed by atoms with Crippen molar-refractivity contribution in [2.75, 3.05) is 25.5 Å². The SMILES string of the molecule is CCOCCCNC(=O)NC(=O)CSc1nnnn1-c1ccc(Cl)cc1. The first-order valence-corrected chi connectivity index (χ1v) is 9.29. The number of imide groups is 1. The maximum atomic E-state index is 11.9. The fourth-order valence-corrected chi connectivity index (χ4v) is 2.69. The zero-order valence-corrected chi connectivity index (χ0v) is 15.7. The third kappa shape index (κ3) is 6.62. The minimum Gasteiger partial charge on any atom is -0.382 e. The van der Waals surface area contributed by atoms with Crippen molar-refractivity contribution in [1.82, 2.24) is 30.8 Å². The number of nitrogens with zero attached hydrogens (tertiary/aromatic N) is 4. The Kier molecular flexibility index (Phi) is 8.32. The van der Waals surface area contributed by atoms with Gasteiger partial charge in [0.15, 0.2) is 0 Å². The van der Waals surface area contributed by atoms with Crippen molar-refractivity contribution in [2.24, 2.45) is 0 Å². The summed E-state index contributed by atoms with van der Waals surface area (Å²) in [5.74, 6) is -0.441. The van der Waals surface area contributed by atoms with Crippen molar-refractivity contribution >= 4 is 35.3 Å².